The maximum absolute atomic E-state index is 8.63. The van der Waals surface area contributed by atoms with E-state index in [0.717, 1.165) is 13.0 Å². The van der Waals surface area contributed by atoms with Gasteiger partial charge in [0.25, 0.3) is 0 Å². The fourth-order valence-electron chi connectivity index (χ4n) is 1.45. The molecule has 0 saturated carbocycles. The normalized spacial score (nSPS) is 12.4. The van der Waals surface area contributed by atoms with Gasteiger partial charge in [0, 0.05) is 22.3 Å². The standard InChI is InChI=1S/C12H18N2S/c1-4-11(5-6-13)14-8-12-7-9(2)10(3)15-12/h7,11,14H,4-5,8H2,1-3H3. The highest BCUT2D eigenvalue weighted by Gasteiger charge is 2.06. The molecule has 0 bridgehead atoms. The lowest BCUT2D eigenvalue weighted by Gasteiger charge is -2.11. The Labute approximate surface area is 95.9 Å². The molecule has 3 heteroatoms. The van der Waals surface area contributed by atoms with E-state index in [1.165, 1.54) is 15.3 Å². The number of aryl methyl sites for hydroxylation is 2. The molecule has 0 aliphatic rings. The molecule has 1 rings (SSSR count). The molecular weight excluding hydrogens is 204 g/mol. The van der Waals surface area contributed by atoms with Crippen LogP contribution in [-0.4, -0.2) is 6.04 Å². The highest BCUT2D eigenvalue weighted by atomic mass is 32.1. The summed E-state index contributed by atoms with van der Waals surface area (Å²) >= 11 is 1.84. The third-order valence-corrected chi connectivity index (χ3v) is 3.76. The Morgan fingerprint density at radius 3 is 2.73 bits per heavy atom. The minimum Gasteiger partial charge on any atom is -0.308 e. The molecule has 0 aliphatic heterocycles. The summed E-state index contributed by atoms with van der Waals surface area (Å²) in [6.07, 6.45) is 1.61. The van der Waals surface area contributed by atoms with Crippen LogP contribution in [0.5, 0.6) is 0 Å². The molecule has 0 saturated heterocycles. The van der Waals surface area contributed by atoms with Gasteiger partial charge in [-0.25, -0.2) is 0 Å². The summed E-state index contributed by atoms with van der Waals surface area (Å²) in [6, 6.07) is 4.77. The summed E-state index contributed by atoms with van der Waals surface area (Å²) in [5, 5.41) is 12.0. The first-order chi connectivity index (χ1) is 7.17. The second-order valence-corrected chi connectivity index (χ2v) is 5.14. The van der Waals surface area contributed by atoms with E-state index in [1.54, 1.807) is 0 Å². The van der Waals surface area contributed by atoms with E-state index < -0.39 is 0 Å². The van der Waals surface area contributed by atoms with E-state index in [9.17, 15) is 0 Å². The Morgan fingerprint density at radius 2 is 2.27 bits per heavy atom. The average Bonchev–Trinajstić information content (AvgIpc) is 2.53. The first kappa shape index (κ1) is 12.2. The largest absolute Gasteiger partial charge is 0.308 e. The molecule has 15 heavy (non-hydrogen) atoms. The Bertz CT molecular complexity index is 329. The van der Waals surface area contributed by atoms with Crippen LogP contribution < -0.4 is 5.32 Å². The van der Waals surface area contributed by atoms with Crippen LogP contribution in [0.4, 0.5) is 0 Å². The van der Waals surface area contributed by atoms with Gasteiger partial charge in [0.1, 0.15) is 0 Å². The second-order valence-electron chi connectivity index (χ2n) is 3.80. The number of hydrogen-bond acceptors (Lipinski definition) is 3. The minimum absolute atomic E-state index is 0.331. The van der Waals surface area contributed by atoms with E-state index in [2.05, 4.69) is 38.2 Å². The van der Waals surface area contributed by atoms with Crippen molar-refractivity contribution in [3.8, 4) is 6.07 Å². The number of nitrogens with zero attached hydrogens (tertiary/aromatic N) is 1. The highest BCUT2D eigenvalue weighted by molar-refractivity contribution is 7.12. The summed E-state index contributed by atoms with van der Waals surface area (Å²) in [4.78, 5) is 2.75. The van der Waals surface area contributed by atoms with Gasteiger partial charge in [-0.15, -0.1) is 11.3 Å². The summed E-state index contributed by atoms with van der Waals surface area (Å²) in [5.41, 5.74) is 1.37. The number of thiophene rings is 1. The van der Waals surface area contributed by atoms with Crippen LogP contribution >= 0.6 is 11.3 Å². The molecule has 82 valence electrons. The van der Waals surface area contributed by atoms with Crippen molar-refractivity contribution in [2.75, 3.05) is 0 Å². The monoisotopic (exact) mass is 222 g/mol. The predicted molar refractivity (Wildman–Crippen MR) is 64.9 cm³/mol. The molecule has 1 atom stereocenters. The molecule has 2 nitrogen and oxygen atoms in total. The maximum Gasteiger partial charge on any atom is 0.0638 e. The van der Waals surface area contributed by atoms with Crippen LogP contribution in [0.2, 0.25) is 0 Å². The van der Waals surface area contributed by atoms with Gasteiger partial charge in [-0.2, -0.15) is 5.26 Å². The van der Waals surface area contributed by atoms with Crippen LogP contribution in [0, 0.1) is 25.2 Å². The van der Waals surface area contributed by atoms with Crippen molar-refractivity contribution in [2.45, 2.75) is 46.2 Å². The van der Waals surface area contributed by atoms with Crippen LogP contribution in [0.15, 0.2) is 6.07 Å². The first-order valence-electron chi connectivity index (χ1n) is 5.33. The zero-order valence-electron chi connectivity index (χ0n) is 9.63. The predicted octanol–water partition coefficient (Wildman–Crippen LogP) is 3.15. The third-order valence-electron chi connectivity index (χ3n) is 2.61. The lowest BCUT2D eigenvalue weighted by molar-refractivity contribution is 0.507. The van der Waals surface area contributed by atoms with Crippen LogP contribution in [0.25, 0.3) is 0 Å². The van der Waals surface area contributed by atoms with Gasteiger partial charge in [-0.1, -0.05) is 6.92 Å². The molecule has 0 amide bonds. The summed E-state index contributed by atoms with van der Waals surface area (Å²) in [5.74, 6) is 0. The molecule has 0 aliphatic carbocycles. The van der Waals surface area contributed by atoms with Crippen molar-refractivity contribution in [1.82, 2.24) is 5.32 Å². The van der Waals surface area contributed by atoms with Gasteiger partial charge in [-0.05, 0) is 31.9 Å². The Morgan fingerprint density at radius 1 is 1.53 bits per heavy atom. The Kier molecular flexibility index (Phi) is 4.80. The van der Waals surface area contributed by atoms with Gasteiger partial charge < -0.3 is 5.32 Å². The third kappa shape index (κ3) is 3.65. The molecule has 0 fully saturated rings. The molecule has 1 aromatic heterocycles. The Hall–Kier alpha value is -0.850. The molecule has 1 unspecified atom stereocenters. The van der Waals surface area contributed by atoms with E-state index in [1.807, 2.05) is 11.3 Å². The molecule has 0 aromatic carbocycles. The van der Waals surface area contributed by atoms with Crippen LogP contribution in [0.3, 0.4) is 0 Å². The van der Waals surface area contributed by atoms with Crippen LogP contribution in [-0.2, 0) is 6.54 Å². The Balaban J connectivity index is 2.46. The number of nitriles is 1. The van der Waals surface area contributed by atoms with Crippen molar-refractivity contribution in [3.63, 3.8) is 0 Å². The zero-order chi connectivity index (χ0) is 11.3. The van der Waals surface area contributed by atoms with Gasteiger partial charge in [-0.3, -0.25) is 0 Å². The minimum atomic E-state index is 0.331. The summed E-state index contributed by atoms with van der Waals surface area (Å²) < 4.78 is 0. The topological polar surface area (TPSA) is 35.8 Å². The van der Waals surface area contributed by atoms with Crippen molar-refractivity contribution in [1.29, 1.82) is 5.26 Å². The van der Waals surface area contributed by atoms with Crippen molar-refractivity contribution in [2.24, 2.45) is 0 Å². The fraction of sp³-hybridized carbons (Fsp3) is 0.583. The SMILES string of the molecule is CCC(CC#N)NCc1cc(C)c(C)s1. The van der Waals surface area contributed by atoms with Gasteiger partial charge in [0.15, 0.2) is 0 Å². The number of nitrogens with one attached hydrogen (secondary N) is 1. The number of hydrogen-bond donors (Lipinski definition) is 1. The van der Waals surface area contributed by atoms with Crippen molar-refractivity contribution < 1.29 is 0 Å². The van der Waals surface area contributed by atoms with Gasteiger partial charge in [0.2, 0.25) is 0 Å². The van der Waals surface area contributed by atoms with Crippen molar-refractivity contribution >= 4 is 11.3 Å². The summed E-state index contributed by atoms with van der Waals surface area (Å²) in [7, 11) is 0. The van der Waals surface area contributed by atoms with E-state index in [-0.39, 0.29) is 0 Å². The zero-order valence-corrected chi connectivity index (χ0v) is 10.4. The van der Waals surface area contributed by atoms with Crippen LogP contribution in [0.1, 0.15) is 35.1 Å². The lowest BCUT2D eigenvalue weighted by Crippen LogP contribution is -2.26. The van der Waals surface area contributed by atoms with Gasteiger partial charge in [0.05, 0.1) is 12.5 Å². The van der Waals surface area contributed by atoms with E-state index in [4.69, 9.17) is 5.26 Å². The quantitative estimate of drug-likeness (QED) is 0.830. The van der Waals surface area contributed by atoms with Gasteiger partial charge >= 0.3 is 0 Å². The average molecular weight is 222 g/mol. The first-order valence-corrected chi connectivity index (χ1v) is 6.15. The molecular formula is C12H18N2S. The molecule has 0 radical (unpaired) electrons. The molecule has 1 heterocycles. The molecule has 1 aromatic rings. The highest BCUT2D eigenvalue weighted by Crippen LogP contribution is 2.20. The molecule has 1 N–H and O–H groups in total. The summed E-state index contributed by atoms with van der Waals surface area (Å²) in [6.45, 7) is 7.29. The lowest BCUT2D eigenvalue weighted by atomic mass is 10.1. The smallest absolute Gasteiger partial charge is 0.0638 e. The van der Waals surface area contributed by atoms with E-state index >= 15 is 0 Å². The second kappa shape index (κ2) is 5.89. The number of rotatable bonds is 5. The van der Waals surface area contributed by atoms with Crippen molar-refractivity contribution in [3.05, 3.63) is 21.4 Å². The maximum atomic E-state index is 8.63. The van der Waals surface area contributed by atoms with E-state index in [0.29, 0.717) is 12.5 Å². The fourth-order valence-corrected chi connectivity index (χ4v) is 2.46. The molecule has 0 spiro atoms.